The van der Waals surface area contributed by atoms with E-state index in [2.05, 4.69) is 0 Å². The van der Waals surface area contributed by atoms with Crippen LogP contribution in [0.1, 0.15) is 0 Å². The lowest BCUT2D eigenvalue weighted by Gasteiger charge is -2.43. The van der Waals surface area contributed by atoms with Crippen molar-refractivity contribution in [3.05, 3.63) is 6.61 Å². The number of rotatable bonds is 4. The first-order valence-corrected chi connectivity index (χ1v) is 6.82. The first-order chi connectivity index (χ1) is 10.4. The summed E-state index contributed by atoms with van der Waals surface area (Å²) in [6.45, 7) is -0.103. The third-order valence-corrected chi connectivity index (χ3v) is 3.77. The van der Waals surface area contributed by atoms with Crippen LogP contribution in [0, 0.1) is 6.61 Å². The molecule has 129 valence electrons. The molecule has 7 N–H and O–H groups in total. The Labute approximate surface area is 126 Å². The molecule has 2 rings (SSSR count). The molecule has 0 aliphatic carbocycles. The molecule has 0 unspecified atom stereocenters. The fourth-order valence-corrected chi connectivity index (χ4v) is 2.35. The van der Waals surface area contributed by atoms with Gasteiger partial charge in [-0.15, -0.1) is 0 Å². The van der Waals surface area contributed by atoms with Gasteiger partial charge in [0.2, 0.25) is 0 Å². The highest BCUT2D eigenvalue weighted by Gasteiger charge is 2.47. The second kappa shape index (κ2) is 7.45. The Morgan fingerprint density at radius 2 is 1.36 bits per heavy atom. The van der Waals surface area contributed by atoms with Crippen LogP contribution in [-0.4, -0.2) is 104 Å². The second-order valence-electron chi connectivity index (χ2n) is 5.27. The lowest BCUT2D eigenvalue weighted by Crippen LogP contribution is -2.61. The molecule has 10 nitrogen and oxygen atoms in total. The van der Waals surface area contributed by atoms with E-state index < -0.39 is 68.3 Å². The van der Waals surface area contributed by atoms with Gasteiger partial charge in [0.1, 0.15) is 55.4 Å². The molecule has 0 bridgehead atoms. The van der Waals surface area contributed by atoms with Gasteiger partial charge in [-0.1, -0.05) is 0 Å². The predicted molar refractivity (Wildman–Crippen MR) is 66.9 cm³/mol. The van der Waals surface area contributed by atoms with Crippen molar-refractivity contribution in [2.75, 3.05) is 13.2 Å². The molecule has 1 radical (unpaired) electrons. The molecule has 2 saturated heterocycles. The molecule has 0 amide bonds. The molecule has 0 aromatic carbocycles. The number of hydrogen-bond donors (Lipinski definition) is 7. The van der Waals surface area contributed by atoms with Gasteiger partial charge < -0.3 is 50.0 Å². The SMILES string of the molecule is OC[C@H]1O[CH][C@@H](O[C@H]2O[C@H](CO)[C@@H](O)[C@H](O)[C@H]2O)[C@H](O)[C@H]1O. The Morgan fingerprint density at radius 3 is 1.95 bits per heavy atom. The van der Waals surface area contributed by atoms with Crippen molar-refractivity contribution in [1.29, 1.82) is 0 Å². The van der Waals surface area contributed by atoms with Gasteiger partial charge in [-0.2, -0.15) is 0 Å². The van der Waals surface area contributed by atoms with Crippen LogP contribution in [0.15, 0.2) is 0 Å². The van der Waals surface area contributed by atoms with Crippen LogP contribution < -0.4 is 0 Å². The smallest absolute Gasteiger partial charge is 0.187 e. The standard InChI is InChI=1S/C12H21O10/c13-1-4-7(15)9(17)6(3-20-4)22-12-11(19)10(18)8(16)5(2-14)21-12/h3-19H,1-2H2/t4-,5-,6-,7+,8-,9+,10+,11-,12-/m1/s1. The lowest BCUT2D eigenvalue weighted by molar-refractivity contribution is -0.325. The van der Waals surface area contributed by atoms with E-state index >= 15 is 0 Å². The van der Waals surface area contributed by atoms with Crippen molar-refractivity contribution in [3.63, 3.8) is 0 Å². The summed E-state index contributed by atoms with van der Waals surface area (Å²) in [4.78, 5) is 0. The van der Waals surface area contributed by atoms with Gasteiger partial charge in [0.25, 0.3) is 0 Å². The van der Waals surface area contributed by atoms with E-state index in [-0.39, 0.29) is 0 Å². The molecule has 0 aromatic heterocycles. The predicted octanol–water partition coefficient (Wildman–Crippen LogP) is -4.55. The molecule has 2 aliphatic rings. The Hall–Kier alpha value is -0.400. The van der Waals surface area contributed by atoms with Crippen LogP contribution >= 0.6 is 0 Å². The van der Waals surface area contributed by atoms with Crippen LogP contribution in [-0.2, 0) is 14.2 Å². The van der Waals surface area contributed by atoms with E-state index in [0.717, 1.165) is 6.61 Å². The summed E-state index contributed by atoms with van der Waals surface area (Å²) in [7, 11) is 0. The van der Waals surface area contributed by atoms with Crippen LogP contribution in [0.25, 0.3) is 0 Å². The van der Waals surface area contributed by atoms with Crippen molar-refractivity contribution in [3.8, 4) is 0 Å². The summed E-state index contributed by atoms with van der Waals surface area (Å²) >= 11 is 0. The van der Waals surface area contributed by atoms with Crippen molar-refractivity contribution in [1.82, 2.24) is 0 Å². The molecule has 2 heterocycles. The quantitative estimate of drug-likeness (QED) is 0.267. The summed E-state index contributed by atoms with van der Waals surface area (Å²) in [6.07, 6.45) is -12.5. The first kappa shape index (κ1) is 17.9. The van der Waals surface area contributed by atoms with Crippen molar-refractivity contribution in [2.45, 2.75) is 55.1 Å². The molecular weight excluding hydrogens is 304 g/mol. The van der Waals surface area contributed by atoms with Gasteiger partial charge in [0.15, 0.2) is 6.29 Å². The molecule has 2 aliphatic heterocycles. The summed E-state index contributed by atoms with van der Waals surface area (Å²) < 4.78 is 15.4. The average molecular weight is 325 g/mol. The molecule has 0 aromatic rings. The van der Waals surface area contributed by atoms with Gasteiger partial charge in [0.05, 0.1) is 13.2 Å². The monoisotopic (exact) mass is 325 g/mol. The number of hydrogen-bond acceptors (Lipinski definition) is 10. The summed E-state index contributed by atoms with van der Waals surface area (Å²) in [5, 5.41) is 66.7. The van der Waals surface area contributed by atoms with Crippen LogP contribution in [0.3, 0.4) is 0 Å². The lowest BCUT2D eigenvalue weighted by atomic mass is 9.98. The van der Waals surface area contributed by atoms with Gasteiger partial charge in [0, 0.05) is 0 Å². The van der Waals surface area contributed by atoms with Crippen LogP contribution in [0.4, 0.5) is 0 Å². The average Bonchev–Trinajstić information content (AvgIpc) is 2.52. The number of aliphatic hydroxyl groups excluding tert-OH is 7. The van der Waals surface area contributed by atoms with Gasteiger partial charge in [-0.3, -0.25) is 0 Å². The Balaban J connectivity index is 2.00. The molecule has 10 heteroatoms. The van der Waals surface area contributed by atoms with E-state index in [0.29, 0.717) is 0 Å². The summed E-state index contributed by atoms with van der Waals surface area (Å²) in [6, 6.07) is 0. The van der Waals surface area contributed by atoms with Gasteiger partial charge >= 0.3 is 0 Å². The summed E-state index contributed by atoms with van der Waals surface area (Å²) in [5.74, 6) is 0. The van der Waals surface area contributed by atoms with E-state index in [1.54, 1.807) is 0 Å². The first-order valence-electron chi connectivity index (χ1n) is 6.82. The Kier molecular flexibility index (Phi) is 6.07. The number of aliphatic hydroxyl groups is 7. The Morgan fingerprint density at radius 1 is 0.773 bits per heavy atom. The van der Waals surface area contributed by atoms with Crippen molar-refractivity contribution >= 4 is 0 Å². The fraction of sp³-hybridized carbons (Fsp3) is 0.917. The molecular formula is C12H21O10. The maximum atomic E-state index is 9.90. The maximum Gasteiger partial charge on any atom is 0.187 e. The minimum Gasteiger partial charge on any atom is -0.394 e. The molecule has 0 spiro atoms. The van der Waals surface area contributed by atoms with E-state index in [9.17, 15) is 25.5 Å². The highest BCUT2D eigenvalue weighted by atomic mass is 16.7. The van der Waals surface area contributed by atoms with Crippen LogP contribution in [0.2, 0.25) is 0 Å². The third-order valence-electron chi connectivity index (χ3n) is 3.77. The molecule has 9 atom stereocenters. The minimum absolute atomic E-state index is 0.512. The van der Waals surface area contributed by atoms with Crippen molar-refractivity contribution in [2.24, 2.45) is 0 Å². The topological polar surface area (TPSA) is 169 Å². The third kappa shape index (κ3) is 3.41. The zero-order chi connectivity index (χ0) is 16.4. The zero-order valence-electron chi connectivity index (χ0n) is 11.5. The van der Waals surface area contributed by atoms with E-state index in [1.165, 1.54) is 0 Å². The molecule has 2 fully saturated rings. The largest absolute Gasteiger partial charge is 0.394 e. The molecule has 22 heavy (non-hydrogen) atoms. The fourth-order valence-electron chi connectivity index (χ4n) is 2.35. The summed E-state index contributed by atoms with van der Waals surface area (Å²) in [5.41, 5.74) is 0. The van der Waals surface area contributed by atoms with Gasteiger partial charge in [-0.25, -0.2) is 0 Å². The normalized spacial score (nSPS) is 50.0. The van der Waals surface area contributed by atoms with E-state index in [1.807, 2.05) is 0 Å². The minimum atomic E-state index is -1.63. The maximum absolute atomic E-state index is 9.90. The van der Waals surface area contributed by atoms with E-state index in [4.69, 9.17) is 24.4 Å². The molecule has 0 saturated carbocycles. The van der Waals surface area contributed by atoms with Crippen LogP contribution in [0.5, 0.6) is 0 Å². The van der Waals surface area contributed by atoms with Gasteiger partial charge in [-0.05, 0) is 0 Å². The zero-order valence-corrected chi connectivity index (χ0v) is 11.5. The van der Waals surface area contributed by atoms with Crippen molar-refractivity contribution < 1.29 is 50.0 Å². The Bertz CT molecular complexity index is 353. The highest BCUT2D eigenvalue weighted by Crippen LogP contribution is 2.27. The highest BCUT2D eigenvalue weighted by molar-refractivity contribution is 4.95. The number of ether oxygens (including phenoxy) is 3. The second-order valence-corrected chi connectivity index (χ2v) is 5.27.